The third kappa shape index (κ3) is 6.09. The van der Waals surface area contributed by atoms with Crippen LogP contribution in [0.5, 0.6) is 0 Å². The van der Waals surface area contributed by atoms with Gasteiger partial charge in [0, 0.05) is 38.6 Å². The number of rotatable bonds is 11. The molecule has 0 aliphatic rings. The van der Waals surface area contributed by atoms with E-state index in [-0.39, 0.29) is 0 Å². The van der Waals surface area contributed by atoms with Gasteiger partial charge in [-0.25, -0.2) is 0 Å². The first-order valence-electron chi connectivity index (χ1n) is 8.27. The summed E-state index contributed by atoms with van der Waals surface area (Å²) in [7, 11) is 0. The summed E-state index contributed by atoms with van der Waals surface area (Å²) < 4.78 is 1.96. The van der Waals surface area contributed by atoms with E-state index in [4.69, 9.17) is 0 Å². The average Bonchev–Trinajstić information content (AvgIpc) is 3.04. The highest BCUT2D eigenvalue weighted by Crippen LogP contribution is 2.09. The minimum absolute atomic E-state index is 0.597. The van der Waals surface area contributed by atoms with Crippen LogP contribution in [-0.4, -0.2) is 44.4 Å². The SMILES string of the molecule is CCNc1nc(NCC)nc(NCCCCCn2cccn2)n1. The summed E-state index contributed by atoms with van der Waals surface area (Å²) in [4.78, 5) is 13.0. The zero-order valence-corrected chi connectivity index (χ0v) is 13.9. The van der Waals surface area contributed by atoms with Gasteiger partial charge in [0.2, 0.25) is 17.8 Å². The van der Waals surface area contributed by atoms with Gasteiger partial charge in [0.1, 0.15) is 0 Å². The molecule has 0 spiro atoms. The van der Waals surface area contributed by atoms with Crippen molar-refractivity contribution >= 4 is 17.8 Å². The van der Waals surface area contributed by atoms with Crippen molar-refractivity contribution in [1.29, 1.82) is 0 Å². The van der Waals surface area contributed by atoms with Gasteiger partial charge in [0.05, 0.1) is 0 Å². The minimum atomic E-state index is 0.597. The number of anilines is 3. The number of aromatic nitrogens is 5. The summed E-state index contributed by atoms with van der Waals surface area (Å²) in [6, 6.07) is 1.95. The molecule has 0 aromatic carbocycles. The zero-order chi connectivity index (χ0) is 16.3. The highest BCUT2D eigenvalue weighted by Gasteiger charge is 2.04. The highest BCUT2D eigenvalue weighted by atomic mass is 15.3. The predicted molar refractivity (Wildman–Crippen MR) is 92.7 cm³/mol. The molecule has 0 aliphatic carbocycles. The van der Waals surface area contributed by atoms with E-state index in [1.165, 1.54) is 0 Å². The topological polar surface area (TPSA) is 92.6 Å². The van der Waals surface area contributed by atoms with E-state index in [1.54, 1.807) is 0 Å². The van der Waals surface area contributed by atoms with E-state index in [9.17, 15) is 0 Å². The summed E-state index contributed by atoms with van der Waals surface area (Å²) in [5.74, 6) is 1.80. The van der Waals surface area contributed by atoms with Crippen molar-refractivity contribution in [1.82, 2.24) is 24.7 Å². The number of aryl methyl sites for hydroxylation is 1. The quantitative estimate of drug-likeness (QED) is 0.547. The van der Waals surface area contributed by atoms with Crippen LogP contribution in [0.1, 0.15) is 33.1 Å². The lowest BCUT2D eigenvalue weighted by atomic mass is 10.2. The lowest BCUT2D eigenvalue weighted by Gasteiger charge is -2.09. The summed E-state index contributed by atoms with van der Waals surface area (Å²) in [5.41, 5.74) is 0. The molecule has 0 aliphatic heterocycles. The second-order valence-electron chi connectivity index (χ2n) is 5.12. The Morgan fingerprint density at radius 3 is 2.09 bits per heavy atom. The molecule has 126 valence electrons. The molecule has 0 unspecified atom stereocenters. The summed E-state index contributed by atoms with van der Waals surface area (Å²) in [6.07, 6.45) is 7.13. The average molecular weight is 318 g/mol. The molecule has 0 saturated heterocycles. The van der Waals surface area contributed by atoms with Crippen LogP contribution in [-0.2, 0) is 6.54 Å². The van der Waals surface area contributed by atoms with Gasteiger partial charge in [-0.15, -0.1) is 0 Å². The van der Waals surface area contributed by atoms with Gasteiger partial charge in [-0.1, -0.05) is 0 Å². The van der Waals surface area contributed by atoms with Crippen molar-refractivity contribution < 1.29 is 0 Å². The van der Waals surface area contributed by atoms with Gasteiger partial charge in [0.15, 0.2) is 0 Å². The number of hydrogen-bond donors (Lipinski definition) is 3. The van der Waals surface area contributed by atoms with Gasteiger partial charge in [0.25, 0.3) is 0 Å². The monoisotopic (exact) mass is 318 g/mol. The maximum Gasteiger partial charge on any atom is 0.229 e. The van der Waals surface area contributed by atoms with E-state index in [1.807, 2.05) is 37.0 Å². The number of unbranched alkanes of at least 4 members (excludes halogenated alkanes) is 2. The van der Waals surface area contributed by atoms with Crippen LogP contribution in [0.4, 0.5) is 17.8 Å². The molecule has 2 aromatic heterocycles. The first-order valence-corrected chi connectivity index (χ1v) is 8.27. The maximum absolute atomic E-state index is 4.37. The first-order chi connectivity index (χ1) is 11.3. The molecule has 0 bridgehead atoms. The fraction of sp³-hybridized carbons (Fsp3) is 0.600. The molecule has 0 radical (unpaired) electrons. The first kappa shape index (κ1) is 17.0. The Hall–Kier alpha value is -2.38. The molecule has 2 aromatic rings. The standard InChI is InChI=1S/C15H26N8/c1-3-16-13-20-14(17-4-2)22-15(21-13)18-9-6-5-7-11-23-12-8-10-19-23/h8,10,12H,3-7,9,11H2,1-2H3,(H3,16,17,18,20,21,22). The molecule has 23 heavy (non-hydrogen) atoms. The molecule has 2 heterocycles. The van der Waals surface area contributed by atoms with Crippen LogP contribution in [0.15, 0.2) is 18.5 Å². The Kier molecular flexibility index (Phi) is 7.09. The van der Waals surface area contributed by atoms with Crippen molar-refractivity contribution in [3.63, 3.8) is 0 Å². The van der Waals surface area contributed by atoms with Crippen molar-refractivity contribution in [2.45, 2.75) is 39.7 Å². The number of nitrogens with zero attached hydrogens (tertiary/aromatic N) is 5. The molecular formula is C15H26N8. The molecular weight excluding hydrogens is 292 g/mol. The largest absolute Gasteiger partial charge is 0.354 e. The Balaban J connectivity index is 1.73. The van der Waals surface area contributed by atoms with Crippen LogP contribution < -0.4 is 16.0 Å². The Bertz CT molecular complexity index is 530. The fourth-order valence-corrected chi connectivity index (χ4v) is 2.14. The minimum Gasteiger partial charge on any atom is -0.354 e. The van der Waals surface area contributed by atoms with Crippen LogP contribution in [0.25, 0.3) is 0 Å². The van der Waals surface area contributed by atoms with E-state index < -0.39 is 0 Å². The van der Waals surface area contributed by atoms with Gasteiger partial charge >= 0.3 is 0 Å². The second kappa shape index (κ2) is 9.60. The normalized spacial score (nSPS) is 10.5. The van der Waals surface area contributed by atoms with Crippen LogP contribution >= 0.6 is 0 Å². The molecule has 0 saturated carbocycles. The van der Waals surface area contributed by atoms with Crippen LogP contribution in [0, 0.1) is 0 Å². The Morgan fingerprint density at radius 1 is 0.870 bits per heavy atom. The fourth-order valence-electron chi connectivity index (χ4n) is 2.14. The lowest BCUT2D eigenvalue weighted by molar-refractivity contribution is 0.549. The Labute approximate surface area is 137 Å². The highest BCUT2D eigenvalue weighted by molar-refractivity contribution is 5.41. The van der Waals surface area contributed by atoms with Crippen molar-refractivity contribution in [2.24, 2.45) is 0 Å². The van der Waals surface area contributed by atoms with Crippen molar-refractivity contribution in [2.75, 3.05) is 35.6 Å². The van der Waals surface area contributed by atoms with Gasteiger partial charge < -0.3 is 16.0 Å². The molecule has 3 N–H and O–H groups in total. The Morgan fingerprint density at radius 2 is 1.52 bits per heavy atom. The second-order valence-corrected chi connectivity index (χ2v) is 5.12. The summed E-state index contributed by atoms with van der Waals surface area (Å²) in [6.45, 7) is 7.41. The molecule has 0 amide bonds. The molecule has 8 heteroatoms. The molecule has 0 fully saturated rings. The van der Waals surface area contributed by atoms with Crippen molar-refractivity contribution in [3.8, 4) is 0 Å². The van der Waals surface area contributed by atoms with Gasteiger partial charge in [-0.2, -0.15) is 20.1 Å². The zero-order valence-electron chi connectivity index (χ0n) is 13.9. The molecule has 2 rings (SSSR count). The summed E-state index contributed by atoms with van der Waals surface area (Å²) in [5, 5.41) is 13.7. The lowest BCUT2D eigenvalue weighted by Crippen LogP contribution is -2.13. The maximum atomic E-state index is 4.37. The number of nitrogens with one attached hydrogen (secondary N) is 3. The molecule has 0 atom stereocenters. The number of hydrogen-bond acceptors (Lipinski definition) is 7. The van der Waals surface area contributed by atoms with E-state index in [0.717, 1.165) is 45.4 Å². The third-order valence-electron chi connectivity index (χ3n) is 3.21. The molecule has 8 nitrogen and oxygen atoms in total. The third-order valence-corrected chi connectivity index (χ3v) is 3.21. The smallest absolute Gasteiger partial charge is 0.229 e. The van der Waals surface area contributed by atoms with Gasteiger partial charge in [-0.05, 0) is 39.2 Å². The predicted octanol–water partition coefficient (Wildman–Crippen LogP) is 2.21. The van der Waals surface area contributed by atoms with E-state index in [0.29, 0.717) is 17.8 Å². The van der Waals surface area contributed by atoms with E-state index in [2.05, 4.69) is 36.0 Å². The van der Waals surface area contributed by atoms with Crippen LogP contribution in [0.2, 0.25) is 0 Å². The van der Waals surface area contributed by atoms with Crippen LogP contribution in [0.3, 0.4) is 0 Å². The summed E-state index contributed by atoms with van der Waals surface area (Å²) >= 11 is 0. The van der Waals surface area contributed by atoms with E-state index >= 15 is 0 Å². The van der Waals surface area contributed by atoms with Gasteiger partial charge in [-0.3, -0.25) is 4.68 Å². The van der Waals surface area contributed by atoms with Crippen molar-refractivity contribution in [3.05, 3.63) is 18.5 Å².